The summed E-state index contributed by atoms with van der Waals surface area (Å²) in [6.45, 7) is 8.29. The molecule has 0 spiro atoms. The molecular formula is C23H30N4O3S. The number of anilines is 1. The summed E-state index contributed by atoms with van der Waals surface area (Å²) in [6.07, 6.45) is 3.65. The Kier molecular flexibility index (Phi) is 8.46. The summed E-state index contributed by atoms with van der Waals surface area (Å²) in [5.74, 6) is 2.28. The second kappa shape index (κ2) is 11.5. The zero-order chi connectivity index (χ0) is 22.1. The number of hydrogen-bond donors (Lipinski definition) is 2. The quantitative estimate of drug-likeness (QED) is 0.437. The zero-order valence-electron chi connectivity index (χ0n) is 18.4. The number of fused-ring (bicyclic) bond motifs is 1. The Hall–Kier alpha value is -2.87. The smallest absolute Gasteiger partial charge is 0.221 e. The van der Waals surface area contributed by atoms with Crippen LogP contribution in [-0.4, -0.2) is 42.2 Å². The van der Waals surface area contributed by atoms with Crippen LogP contribution in [-0.2, 0) is 17.6 Å². The third-order valence-electron chi connectivity index (χ3n) is 4.72. The lowest BCUT2D eigenvalue weighted by Gasteiger charge is -2.12. The lowest BCUT2D eigenvalue weighted by Crippen LogP contribution is -2.27. The predicted octanol–water partition coefficient (Wildman–Crippen LogP) is 4.21. The molecule has 0 saturated heterocycles. The third kappa shape index (κ3) is 6.30. The summed E-state index contributed by atoms with van der Waals surface area (Å²) in [5, 5.41) is 7.26. The van der Waals surface area contributed by atoms with Crippen LogP contribution in [0.15, 0.2) is 30.6 Å². The van der Waals surface area contributed by atoms with E-state index in [1.165, 1.54) is 4.88 Å². The molecule has 2 aromatic heterocycles. The first kappa shape index (κ1) is 22.8. The first-order valence-electron chi connectivity index (χ1n) is 10.8. The van der Waals surface area contributed by atoms with Crippen molar-refractivity contribution in [1.82, 2.24) is 15.3 Å². The Morgan fingerprint density at radius 1 is 1.03 bits per heavy atom. The topological polar surface area (TPSA) is 85.4 Å². The lowest BCUT2D eigenvalue weighted by atomic mass is 10.1. The molecule has 1 aromatic carbocycles. The molecule has 0 aliphatic heterocycles. The zero-order valence-corrected chi connectivity index (χ0v) is 19.2. The summed E-state index contributed by atoms with van der Waals surface area (Å²) < 4.78 is 11.3. The second-order valence-corrected chi connectivity index (χ2v) is 8.05. The number of thiophene rings is 1. The third-order valence-corrected chi connectivity index (χ3v) is 5.90. The van der Waals surface area contributed by atoms with E-state index in [1.54, 1.807) is 17.7 Å². The average molecular weight is 443 g/mol. The summed E-state index contributed by atoms with van der Waals surface area (Å²) in [4.78, 5) is 23.1. The van der Waals surface area contributed by atoms with Crippen LogP contribution in [0.2, 0.25) is 0 Å². The molecule has 0 aliphatic rings. The maximum Gasteiger partial charge on any atom is 0.221 e. The number of carbonyl (C=O) groups excluding carboxylic acids is 1. The van der Waals surface area contributed by atoms with E-state index in [9.17, 15) is 4.79 Å². The molecule has 3 aromatic rings. The van der Waals surface area contributed by atoms with Crippen LogP contribution in [0.3, 0.4) is 0 Å². The minimum Gasteiger partial charge on any atom is -0.490 e. The molecule has 0 bridgehead atoms. The summed E-state index contributed by atoms with van der Waals surface area (Å²) >= 11 is 1.68. The fourth-order valence-electron chi connectivity index (χ4n) is 3.20. The lowest BCUT2D eigenvalue weighted by molar-refractivity contribution is -0.120. The van der Waals surface area contributed by atoms with Gasteiger partial charge in [0, 0.05) is 24.4 Å². The van der Waals surface area contributed by atoms with Crippen molar-refractivity contribution in [2.45, 2.75) is 40.0 Å². The van der Waals surface area contributed by atoms with Gasteiger partial charge in [0.1, 0.15) is 17.0 Å². The molecule has 3 rings (SSSR count). The molecule has 0 radical (unpaired) electrons. The van der Waals surface area contributed by atoms with Crippen LogP contribution in [0.25, 0.3) is 10.2 Å². The summed E-state index contributed by atoms with van der Waals surface area (Å²) in [6, 6.07) is 8.03. The minimum atomic E-state index is 0.00772. The fourth-order valence-corrected chi connectivity index (χ4v) is 4.14. The van der Waals surface area contributed by atoms with Gasteiger partial charge in [0.2, 0.25) is 5.91 Å². The molecule has 0 aliphatic carbocycles. The number of hydrogen-bond acceptors (Lipinski definition) is 7. The highest BCUT2D eigenvalue weighted by Crippen LogP contribution is 2.29. The van der Waals surface area contributed by atoms with E-state index < -0.39 is 0 Å². The van der Waals surface area contributed by atoms with Crippen molar-refractivity contribution in [2.24, 2.45) is 0 Å². The van der Waals surface area contributed by atoms with E-state index in [0.717, 1.165) is 45.9 Å². The van der Waals surface area contributed by atoms with Crippen molar-refractivity contribution < 1.29 is 14.3 Å². The molecule has 2 N–H and O–H groups in total. The van der Waals surface area contributed by atoms with E-state index in [-0.39, 0.29) is 5.91 Å². The predicted molar refractivity (Wildman–Crippen MR) is 125 cm³/mol. The number of carbonyl (C=O) groups is 1. The van der Waals surface area contributed by atoms with E-state index in [4.69, 9.17) is 9.47 Å². The Labute approximate surface area is 187 Å². The maximum absolute atomic E-state index is 12.2. The monoisotopic (exact) mass is 442 g/mol. The van der Waals surface area contributed by atoms with E-state index in [1.807, 2.05) is 32.0 Å². The van der Waals surface area contributed by atoms with Crippen molar-refractivity contribution in [3.8, 4) is 11.5 Å². The summed E-state index contributed by atoms with van der Waals surface area (Å²) in [7, 11) is 0. The number of nitrogens with one attached hydrogen (secondary N) is 2. The van der Waals surface area contributed by atoms with Gasteiger partial charge in [0.15, 0.2) is 11.5 Å². The SMILES string of the molecule is CCOc1ccc(CCNC(=O)CCNc2ncnc3sc(CC)cc23)cc1OCC. The van der Waals surface area contributed by atoms with Gasteiger partial charge in [-0.3, -0.25) is 4.79 Å². The fraction of sp³-hybridized carbons (Fsp3) is 0.435. The molecule has 0 unspecified atom stereocenters. The highest BCUT2D eigenvalue weighted by molar-refractivity contribution is 7.18. The van der Waals surface area contributed by atoms with Gasteiger partial charge < -0.3 is 20.1 Å². The number of ether oxygens (including phenoxy) is 2. The van der Waals surface area contributed by atoms with E-state index >= 15 is 0 Å². The molecular weight excluding hydrogens is 412 g/mol. The Morgan fingerprint density at radius 2 is 1.84 bits per heavy atom. The van der Waals surface area contributed by atoms with Gasteiger partial charge in [-0.15, -0.1) is 11.3 Å². The molecule has 0 fully saturated rings. The van der Waals surface area contributed by atoms with Crippen LogP contribution in [0.4, 0.5) is 5.82 Å². The largest absolute Gasteiger partial charge is 0.490 e. The number of amides is 1. The van der Waals surface area contributed by atoms with Crippen molar-refractivity contribution in [3.63, 3.8) is 0 Å². The van der Waals surface area contributed by atoms with Crippen LogP contribution in [0, 0.1) is 0 Å². The highest BCUT2D eigenvalue weighted by Gasteiger charge is 2.09. The standard InChI is InChI=1S/C23H30N4O3S/c1-4-17-14-18-22(26-15-27-23(18)31-17)25-12-10-21(28)24-11-9-16-7-8-19(29-5-2)20(13-16)30-6-3/h7-8,13-15H,4-6,9-12H2,1-3H3,(H,24,28)(H,25,26,27). The first-order chi connectivity index (χ1) is 15.1. The van der Waals surface area contributed by atoms with Crippen LogP contribution in [0.5, 0.6) is 11.5 Å². The van der Waals surface area contributed by atoms with Gasteiger partial charge in [-0.2, -0.15) is 0 Å². The van der Waals surface area contributed by atoms with Gasteiger partial charge >= 0.3 is 0 Å². The molecule has 166 valence electrons. The van der Waals surface area contributed by atoms with E-state index in [2.05, 4.69) is 33.6 Å². The van der Waals surface area contributed by atoms with Crippen LogP contribution >= 0.6 is 11.3 Å². The van der Waals surface area contributed by atoms with Crippen molar-refractivity contribution >= 4 is 33.3 Å². The van der Waals surface area contributed by atoms with E-state index in [0.29, 0.717) is 32.7 Å². The molecule has 1 amide bonds. The Balaban J connectivity index is 1.45. The van der Waals surface area contributed by atoms with Gasteiger partial charge in [-0.25, -0.2) is 9.97 Å². The van der Waals surface area contributed by atoms with Gasteiger partial charge in [-0.05, 0) is 50.5 Å². The van der Waals surface area contributed by atoms with Crippen molar-refractivity contribution in [1.29, 1.82) is 0 Å². The number of benzene rings is 1. The van der Waals surface area contributed by atoms with Gasteiger partial charge in [-0.1, -0.05) is 13.0 Å². The van der Waals surface area contributed by atoms with Crippen molar-refractivity contribution in [2.75, 3.05) is 31.6 Å². The van der Waals surface area contributed by atoms with Crippen LogP contribution in [0.1, 0.15) is 37.6 Å². The first-order valence-corrected chi connectivity index (χ1v) is 11.6. The van der Waals surface area contributed by atoms with Gasteiger partial charge in [0.05, 0.1) is 18.6 Å². The van der Waals surface area contributed by atoms with Crippen LogP contribution < -0.4 is 20.1 Å². The molecule has 2 heterocycles. The number of rotatable bonds is 12. The van der Waals surface area contributed by atoms with Gasteiger partial charge in [0.25, 0.3) is 0 Å². The number of aryl methyl sites for hydroxylation is 1. The van der Waals surface area contributed by atoms with Crippen molar-refractivity contribution in [3.05, 3.63) is 41.0 Å². The molecule has 8 heteroatoms. The Bertz CT molecular complexity index is 1010. The number of nitrogens with zero attached hydrogens (tertiary/aromatic N) is 2. The molecule has 31 heavy (non-hydrogen) atoms. The number of aromatic nitrogens is 2. The molecule has 0 saturated carbocycles. The normalized spacial score (nSPS) is 10.8. The summed E-state index contributed by atoms with van der Waals surface area (Å²) in [5.41, 5.74) is 1.10. The second-order valence-electron chi connectivity index (χ2n) is 6.93. The Morgan fingerprint density at radius 3 is 2.61 bits per heavy atom. The molecule has 7 nitrogen and oxygen atoms in total. The minimum absolute atomic E-state index is 0.00772. The maximum atomic E-state index is 12.2. The highest BCUT2D eigenvalue weighted by atomic mass is 32.1. The average Bonchev–Trinajstić information content (AvgIpc) is 3.20. The molecule has 0 atom stereocenters.